The maximum atomic E-state index is 12.3. The molecule has 0 aliphatic rings. The van der Waals surface area contributed by atoms with Crippen molar-refractivity contribution in [2.24, 2.45) is 0 Å². The van der Waals surface area contributed by atoms with E-state index in [4.69, 9.17) is 27.9 Å². The Bertz CT molecular complexity index is 737. The summed E-state index contributed by atoms with van der Waals surface area (Å²) >= 11 is 12.0. The number of aromatic nitrogens is 1. The molecule has 21 heavy (non-hydrogen) atoms. The van der Waals surface area contributed by atoms with Gasteiger partial charge in [-0.2, -0.15) is 0 Å². The van der Waals surface area contributed by atoms with Gasteiger partial charge in [0, 0.05) is 12.3 Å². The third-order valence-corrected chi connectivity index (χ3v) is 4.63. The molecular weight excluding hydrogens is 335 g/mol. The Morgan fingerprint density at radius 1 is 1.29 bits per heavy atom. The monoisotopic (exact) mass is 346 g/mol. The maximum absolute atomic E-state index is 12.3. The minimum atomic E-state index is -3.86. The van der Waals surface area contributed by atoms with Gasteiger partial charge < -0.3 is 4.74 Å². The smallest absolute Gasteiger partial charge is 0.263 e. The molecule has 0 aliphatic carbocycles. The normalized spacial score (nSPS) is 11.2. The molecule has 0 amide bonds. The van der Waals surface area contributed by atoms with Crippen molar-refractivity contribution in [2.75, 3.05) is 11.3 Å². The molecule has 1 aromatic carbocycles. The molecule has 0 atom stereocenters. The van der Waals surface area contributed by atoms with E-state index in [0.717, 1.165) is 0 Å². The average molecular weight is 347 g/mol. The van der Waals surface area contributed by atoms with E-state index in [-0.39, 0.29) is 14.9 Å². The predicted molar refractivity (Wildman–Crippen MR) is 82.7 cm³/mol. The van der Waals surface area contributed by atoms with Crippen LogP contribution in [0.15, 0.2) is 41.6 Å². The third kappa shape index (κ3) is 3.78. The van der Waals surface area contributed by atoms with Crippen molar-refractivity contribution >= 4 is 38.9 Å². The summed E-state index contributed by atoms with van der Waals surface area (Å²) in [6.45, 7) is 2.19. The molecule has 1 aromatic heterocycles. The highest BCUT2D eigenvalue weighted by molar-refractivity contribution is 7.92. The second-order valence-corrected chi connectivity index (χ2v) is 6.46. The first kappa shape index (κ1) is 15.9. The number of nitrogens with one attached hydrogen (secondary N) is 1. The van der Waals surface area contributed by atoms with E-state index < -0.39 is 10.0 Å². The Labute approximate surface area is 132 Å². The number of anilines is 1. The van der Waals surface area contributed by atoms with Crippen molar-refractivity contribution < 1.29 is 13.2 Å². The first-order valence-electron chi connectivity index (χ1n) is 5.98. The third-order valence-electron chi connectivity index (χ3n) is 2.49. The van der Waals surface area contributed by atoms with Gasteiger partial charge in [0.1, 0.15) is 10.6 Å². The lowest BCUT2D eigenvalue weighted by Gasteiger charge is -2.12. The zero-order valence-corrected chi connectivity index (χ0v) is 13.3. The molecular formula is C13H12Cl2N2O3S. The zero-order chi connectivity index (χ0) is 15.5. The summed E-state index contributed by atoms with van der Waals surface area (Å²) in [6, 6.07) is 5.83. The van der Waals surface area contributed by atoms with Crippen LogP contribution in [-0.2, 0) is 10.0 Å². The number of halogens is 2. The summed E-state index contributed by atoms with van der Waals surface area (Å²) in [5, 5.41) is 0.201. The van der Waals surface area contributed by atoms with Crippen LogP contribution < -0.4 is 9.46 Å². The summed E-state index contributed by atoms with van der Waals surface area (Å²) in [4.78, 5) is 3.71. The molecule has 2 rings (SSSR count). The van der Waals surface area contributed by atoms with E-state index >= 15 is 0 Å². The Kier molecular flexibility index (Phi) is 4.92. The fourth-order valence-corrected chi connectivity index (χ4v) is 3.49. The molecule has 0 radical (unpaired) electrons. The standard InChI is InChI=1S/C13H12Cl2N2O3S/c1-2-20-12-6-11(15)13(7-10(12)14)21(18,19)17-9-4-3-5-16-8-9/h3-8,17H,2H2,1H3. The number of rotatable bonds is 5. The van der Waals surface area contributed by atoms with Gasteiger partial charge in [0.15, 0.2) is 0 Å². The van der Waals surface area contributed by atoms with Crippen LogP contribution in [-0.4, -0.2) is 20.0 Å². The highest BCUT2D eigenvalue weighted by Gasteiger charge is 2.21. The van der Waals surface area contributed by atoms with Crippen molar-refractivity contribution in [3.05, 3.63) is 46.7 Å². The molecule has 2 aromatic rings. The lowest BCUT2D eigenvalue weighted by atomic mass is 10.3. The minimum absolute atomic E-state index is 0.0271. The molecule has 0 saturated carbocycles. The molecule has 1 heterocycles. The van der Waals surface area contributed by atoms with Crippen LogP contribution in [0.3, 0.4) is 0 Å². The van der Waals surface area contributed by atoms with Gasteiger partial charge in [-0.05, 0) is 25.1 Å². The van der Waals surface area contributed by atoms with Crippen LogP contribution in [0.5, 0.6) is 5.75 Å². The van der Waals surface area contributed by atoms with E-state index in [1.807, 2.05) is 0 Å². The summed E-state index contributed by atoms with van der Waals surface area (Å²) in [6.07, 6.45) is 2.93. The first-order chi connectivity index (χ1) is 9.94. The summed E-state index contributed by atoms with van der Waals surface area (Å²) in [5.74, 6) is 0.337. The van der Waals surface area contributed by atoms with E-state index in [9.17, 15) is 8.42 Å². The van der Waals surface area contributed by atoms with Gasteiger partial charge in [0.05, 0.1) is 28.5 Å². The number of benzene rings is 1. The summed E-state index contributed by atoms with van der Waals surface area (Å²) in [5.41, 5.74) is 0.332. The van der Waals surface area contributed by atoms with Gasteiger partial charge >= 0.3 is 0 Å². The Morgan fingerprint density at radius 2 is 2.05 bits per heavy atom. The SMILES string of the molecule is CCOc1cc(Cl)c(S(=O)(=O)Nc2cccnc2)cc1Cl. The molecule has 1 N–H and O–H groups in total. The quantitative estimate of drug-likeness (QED) is 0.898. The largest absolute Gasteiger partial charge is 0.492 e. The number of hydrogen-bond acceptors (Lipinski definition) is 4. The van der Waals surface area contributed by atoms with Gasteiger partial charge in [-0.25, -0.2) is 8.42 Å². The van der Waals surface area contributed by atoms with Crippen molar-refractivity contribution in [3.8, 4) is 5.75 Å². The average Bonchev–Trinajstić information content (AvgIpc) is 2.43. The van der Waals surface area contributed by atoms with Crippen molar-refractivity contribution in [1.82, 2.24) is 4.98 Å². The number of ether oxygens (including phenoxy) is 1. The van der Waals surface area contributed by atoms with Crippen LogP contribution in [0.2, 0.25) is 10.0 Å². The van der Waals surface area contributed by atoms with Crippen LogP contribution in [0.25, 0.3) is 0 Å². The number of pyridine rings is 1. The molecule has 0 unspecified atom stereocenters. The number of hydrogen-bond donors (Lipinski definition) is 1. The Hall–Kier alpha value is -1.50. The number of nitrogens with zero attached hydrogens (tertiary/aromatic N) is 1. The van der Waals surface area contributed by atoms with Crippen LogP contribution in [0, 0.1) is 0 Å². The van der Waals surface area contributed by atoms with Crippen LogP contribution >= 0.6 is 23.2 Å². The first-order valence-corrected chi connectivity index (χ1v) is 8.22. The molecule has 0 bridgehead atoms. The molecule has 5 nitrogen and oxygen atoms in total. The van der Waals surface area contributed by atoms with E-state index in [0.29, 0.717) is 18.0 Å². The van der Waals surface area contributed by atoms with Gasteiger partial charge in [-0.3, -0.25) is 9.71 Å². The summed E-state index contributed by atoms with van der Waals surface area (Å²) < 4.78 is 32.3. The Morgan fingerprint density at radius 3 is 2.67 bits per heavy atom. The molecule has 0 fully saturated rings. The fourth-order valence-electron chi connectivity index (χ4n) is 1.62. The zero-order valence-electron chi connectivity index (χ0n) is 11.0. The second kappa shape index (κ2) is 6.51. The lowest BCUT2D eigenvalue weighted by molar-refractivity contribution is 0.340. The maximum Gasteiger partial charge on any atom is 0.263 e. The van der Waals surface area contributed by atoms with Gasteiger partial charge in [-0.1, -0.05) is 23.2 Å². The molecule has 112 valence electrons. The van der Waals surface area contributed by atoms with E-state index in [1.165, 1.54) is 18.3 Å². The summed E-state index contributed by atoms with van der Waals surface area (Å²) in [7, 11) is -3.86. The highest BCUT2D eigenvalue weighted by Crippen LogP contribution is 2.34. The predicted octanol–water partition coefficient (Wildman–Crippen LogP) is 3.59. The van der Waals surface area contributed by atoms with Crippen molar-refractivity contribution in [3.63, 3.8) is 0 Å². The van der Waals surface area contributed by atoms with Crippen LogP contribution in [0.4, 0.5) is 5.69 Å². The van der Waals surface area contributed by atoms with Crippen molar-refractivity contribution in [2.45, 2.75) is 11.8 Å². The van der Waals surface area contributed by atoms with Gasteiger partial charge in [0.25, 0.3) is 10.0 Å². The van der Waals surface area contributed by atoms with Gasteiger partial charge in [-0.15, -0.1) is 0 Å². The van der Waals surface area contributed by atoms with E-state index in [2.05, 4.69) is 9.71 Å². The molecule has 8 heteroatoms. The Balaban J connectivity index is 2.39. The fraction of sp³-hybridized carbons (Fsp3) is 0.154. The molecule has 0 aliphatic heterocycles. The van der Waals surface area contributed by atoms with Crippen LogP contribution in [0.1, 0.15) is 6.92 Å². The molecule has 0 spiro atoms. The second-order valence-electron chi connectivity index (χ2n) is 3.99. The molecule has 0 saturated heterocycles. The van der Waals surface area contributed by atoms with E-state index in [1.54, 1.807) is 25.3 Å². The van der Waals surface area contributed by atoms with Gasteiger partial charge in [0.2, 0.25) is 0 Å². The lowest BCUT2D eigenvalue weighted by Crippen LogP contribution is -2.13. The highest BCUT2D eigenvalue weighted by atomic mass is 35.5. The van der Waals surface area contributed by atoms with Crippen molar-refractivity contribution in [1.29, 1.82) is 0 Å². The minimum Gasteiger partial charge on any atom is -0.492 e. The topological polar surface area (TPSA) is 68.3 Å². The number of sulfonamides is 1.